The average molecular weight is 455 g/mol. The lowest BCUT2D eigenvalue weighted by molar-refractivity contribution is 0.414. The van der Waals surface area contributed by atoms with Crippen LogP contribution in [0.25, 0.3) is 28.2 Å². The van der Waals surface area contributed by atoms with Gasteiger partial charge in [-0.05, 0) is 42.3 Å². The first kappa shape index (κ1) is 21.4. The predicted octanol–water partition coefficient (Wildman–Crippen LogP) is 4.87. The van der Waals surface area contributed by atoms with Crippen LogP contribution < -0.4 is 15.8 Å². The number of hydrogen-bond acceptors (Lipinski definition) is 6. The first-order valence-electron chi connectivity index (χ1n) is 10.9. The summed E-state index contributed by atoms with van der Waals surface area (Å²) in [6, 6.07) is 22.0. The Morgan fingerprint density at radius 3 is 2.68 bits per heavy atom. The number of nitrogens with two attached hydrogens (primary N) is 1. The second kappa shape index (κ2) is 9.19. The van der Waals surface area contributed by atoms with Gasteiger partial charge in [-0.2, -0.15) is 4.98 Å². The zero-order valence-corrected chi connectivity index (χ0v) is 18.6. The Morgan fingerprint density at radius 2 is 1.85 bits per heavy atom. The van der Waals surface area contributed by atoms with Crippen LogP contribution in [0.5, 0.6) is 5.75 Å². The maximum atomic E-state index is 13.9. The lowest BCUT2D eigenvalue weighted by Crippen LogP contribution is -2.09. The molecule has 3 N–H and O–H groups in total. The molecule has 2 heterocycles. The lowest BCUT2D eigenvalue weighted by Gasteiger charge is -2.11. The van der Waals surface area contributed by atoms with E-state index in [1.807, 2.05) is 59.2 Å². The molecule has 0 aliphatic rings. The summed E-state index contributed by atoms with van der Waals surface area (Å²) in [5.74, 6) is 1.62. The van der Waals surface area contributed by atoms with Crippen LogP contribution in [0.4, 0.5) is 16.0 Å². The Kier molecular flexibility index (Phi) is 5.78. The summed E-state index contributed by atoms with van der Waals surface area (Å²) < 4.78 is 21.3. The smallest absolute Gasteiger partial charge is 0.224 e. The SMILES string of the molecule is COc1cccc(-n2c(-c3cccc(N)c3)nc3cnc(NCCc4ccccc4F)nc32)c1. The average Bonchev–Trinajstić information content (AvgIpc) is 3.24. The Morgan fingerprint density at radius 1 is 1.00 bits per heavy atom. The van der Waals surface area contributed by atoms with Gasteiger partial charge in [0.1, 0.15) is 22.9 Å². The minimum atomic E-state index is -0.219. The van der Waals surface area contributed by atoms with Crippen molar-refractivity contribution >= 4 is 22.8 Å². The molecule has 8 heteroatoms. The van der Waals surface area contributed by atoms with E-state index < -0.39 is 0 Å². The van der Waals surface area contributed by atoms with Crippen molar-refractivity contribution in [1.82, 2.24) is 19.5 Å². The van der Waals surface area contributed by atoms with Crippen molar-refractivity contribution in [1.29, 1.82) is 0 Å². The molecule has 5 rings (SSSR count). The van der Waals surface area contributed by atoms with E-state index in [4.69, 9.17) is 20.4 Å². The van der Waals surface area contributed by atoms with E-state index in [9.17, 15) is 4.39 Å². The number of benzene rings is 3. The topological polar surface area (TPSA) is 90.9 Å². The molecule has 0 aliphatic carbocycles. The Labute approximate surface area is 196 Å². The first-order valence-corrected chi connectivity index (χ1v) is 10.9. The third-order valence-corrected chi connectivity index (χ3v) is 5.49. The maximum absolute atomic E-state index is 13.9. The first-order chi connectivity index (χ1) is 16.6. The van der Waals surface area contributed by atoms with Crippen molar-refractivity contribution in [3.05, 3.63) is 90.4 Å². The summed E-state index contributed by atoms with van der Waals surface area (Å²) in [6.07, 6.45) is 2.19. The van der Waals surface area contributed by atoms with E-state index in [0.717, 1.165) is 17.0 Å². The van der Waals surface area contributed by atoms with Crippen molar-refractivity contribution in [2.75, 3.05) is 24.7 Å². The van der Waals surface area contributed by atoms with Crippen molar-refractivity contribution in [3.63, 3.8) is 0 Å². The number of aromatic nitrogens is 4. The highest BCUT2D eigenvalue weighted by Crippen LogP contribution is 2.30. The lowest BCUT2D eigenvalue weighted by atomic mass is 10.1. The Hall–Kier alpha value is -4.46. The number of halogens is 1. The fourth-order valence-electron chi connectivity index (χ4n) is 3.84. The van der Waals surface area contributed by atoms with E-state index >= 15 is 0 Å². The second-order valence-electron chi connectivity index (χ2n) is 7.77. The van der Waals surface area contributed by atoms with E-state index in [1.54, 1.807) is 25.4 Å². The number of methoxy groups -OCH3 is 1. The monoisotopic (exact) mass is 454 g/mol. The van der Waals surface area contributed by atoms with E-state index in [2.05, 4.69) is 10.3 Å². The molecule has 2 aromatic heterocycles. The quantitative estimate of drug-likeness (QED) is 0.341. The standard InChI is InChI=1S/C26H23FN6O/c1-34-21-10-5-9-20(15-21)33-24(18-7-4-8-19(28)14-18)31-23-16-30-26(32-25(23)33)29-13-12-17-6-2-3-11-22(17)27/h2-11,14-16H,12-13,28H2,1H3,(H,29,30,32). The summed E-state index contributed by atoms with van der Waals surface area (Å²) >= 11 is 0. The van der Waals surface area contributed by atoms with Gasteiger partial charge in [0.05, 0.1) is 19.0 Å². The van der Waals surface area contributed by atoms with Crippen molar-refractivity contribution in [3.8, 4) is 22.8 Å². The molecular formula is C26H23FN6O. The largest absolute Gasteiger partial charge is 0.497 e. The molecule has 0 saturated heterocycles. The van der Waals surface area contributed by atoms with Crippen LogP contribution in [0, 0.1) is 5.82 Å². The van der Waals surface area contributed by atoms with Gasteiger partial charge in [0, 0.05) is 23.9 Å². The number of nitrogen functional groups attached to an aromatic ring is 1. The van der Waals surface area contributed by atoms with Gasteiger partial charge < -0.3 is 15.8 Å². The van der Waals surface area contributed by atoms with E-state index in [-0.39, 0.29) is 5.82 Å². The minimum absolute atomic E-state index is 0.219. The van der Waals surface area contributed by atoms with Gasteiger partial charge in [-0.15, -0.1) is 0 Å². The van der Waals surface area contributed by atoms with Crippen LogP contribution in [0.3, 0.4) is 0 Å². The molecule has 5 aromatic rings. The second-order valence-corrected chi connectivity index (χ2v) is 7.77. The summed E-state index contributed by atoms with van der Waals surface area (Å²) in [6.45, 7) is 0.488. The van der Waals surface area contributed by atoms with Crippen LogP contribution >= 0.6 is 0 Å². The number of nitrogens with one attached hydrogen (secondary N) is 1. The summed E-state index contributed by atoms with van der Waals surface area (Å²) in [5.41, 5.74) is 10.3. The predicted molar refractivity (Wildman–Crippen MR) is 132 cm³/mol. The highest BCUT2D eigenvalue weighted by molar-refractivity contribution is 5.81. The molecule has 0 atom stereocenters. The molecule has 0 fully saturated rings. The normalized spacial score (nSPS) is 11.0. The summed E-state index contributed by atoms with van der Waals surface area (Å²) in [7, 11) is 1.63. The molecule has 34 heavy (non-hydrogen) atoms. The molecular weight excluding hydrogens is 431 g/mol. The third kappa shape index (κ3) is 4.25. The maximum Gasteiger partial charge on any atom is 0.224 e. The number of hydrogen-bond donors (Lipinski definition) is 2. The van der Waals surface area contributed by atoms with Gasteiger partial charge in [-0.25, -0.2) is 14.4 Å². The Balaban J connectivity index is 1.55. The van der Waals surface area contributed by atoms with E-state index in [0.29, 0.717) is 47.2 Å². The summed E-state index contributed by atoms with van der Waals surface area (Å²) in [5, 5.41) is 3.20. The highest BCUT2D eigenvalue weighted by Gasteiger charge is 2.17. The highest BCUT2D eigenvalue weighted by atomic mass is 19.1. The molecule has 7 nitrogen and oxygen atoms in total. The van der Waals surface area contributed by atoms with Crippen LogP contribution in [0.1, 0.15) is 5.56 Å². The zero-order chi connectivity index (χ0) is 23.5. The zero-order valence-electron chi connectivity index (χ0n) is 18.6. The van der Waals surface area contributed by atoms with Crippen LogP contribution in [-0.2, 0) is 6.42 Å². The number of anilines is 2. The summed E-state index contributed by atoms with van der Waals surface area (Å²) in [4.78, 5) is 14.0. The van der Waals surface area contributed by atoms with Gasteiger partial charge >= 0.3 is 0 Å². The minimum Gasteiger partial charge on any atom is -0.497 e. The molecule has 0 bridgehead atoms. The number of imidazole rings is 1. The molecule has 0 spiro atoms. The van der Waals surface area contributed by atoms with Crippen LogP contribution in [0.2, 0.25) is 0 Å². The number of rotatable bonds is 7. The third-order valence-electron chi connectivity index (χ3n) is 5.49. The van der Waals surface area contributed by atoms with Gasteiger partial charge in [0.15, 0.2) is 5.65 Å². The van der Waals surface area contributed by atoms with Crippen LogP contribution in [0.15, 0.2) is 79.0 Å². The molecule has 0 aliphatic heterocycles. The number of nitrogens with zero attached hydrogens (tertiary/aromatic N) is 4. The number of ether oxygens (including phenoxy) is 1. The fourth-order valence-corrected chi connectivity index (χ4v) is 3.84. The van der Waals surface area contributed by atoms with Crippen molar-refractivity contribution < 1.29 is 9.13 Å². The van der Waals surface area contributed by atoms with Gasteiger partial charge in [-0.1, -0.05) is 36.4 Å². The van der Waals surface area contributed by atoms with Crippen LogP contribution in [-0.4, -0.2) is 33.2 Å². The molecule has 0 saturated carbocycles. The molecule has 0 amide bonds. The van der Waals surface area contributed by atoms with Crippen molar-refractivity contribution in [2.45, 2.75) is 6.42 Å². The van der Waals surface area contributed by atoms with Crippen molar-refractivity contribution in [2.24, 2.45) is 0 Å². The molecule has 0 unspecified atom stereocenters. The van der Waals surface area contributed by atoms with Gasteiger partial charge in [0.25, 0.3) is 0 Å². The van der Waals surface area contributed by atoms with E-state index in [1.165, 1.54) is 6.07 Å². The molecule has 0 radical (unpaired) electrons. The number of fused-ring (bicyclic) bond motifs is 1. The Bertz CT molecular complexity index is 1470. The van der Waals surface area contributed by atoms with Gasteiger partial charge in [0.2, 0.25) is 5.95 Å². The fraction of sp³-hybridized carbons (Fsp3) is 0.115. The molecule has 3 aromatic carbocycles. The van der Waals surface area contributed by atoms with Gasteiger partial charge in [-0.3, -0.25) is 4.57 Å². The molecule has 170 valence electrons.